The van der Waals surface area contributed by atoms with Gasteiger partial charge < -0.3 is 20.7 Å². The van der Waals surface area contributed by atoms with Gasteiger partial charge in [0.15, 0.2) is 11.6 Å². The molecule has 0 unspecified atom stereocenters. The summed E-state index contributed by atoms with van der Waals surface area (Å²) < 4.78 is 5.05. The van der Waals surface area contributed by atoms with Crippen molar-refractivity contribution in [2.45, 2.75) is 32.6 Å². The minimum absolute atomic E-state index is 0.190. The molecule has 0 saturated heterocycles. The van der Waals surface area contributed by atoms with Crippen LogP contribution in [0.4, 0.5) is 17.3 Å². The lowest BCUT2D eigenvalue weighted by Gasteiger charge is -2.14. The van der Waals surface area contributed by atoms with Gasteiger partial charge in [-0.25, -0.2) is 9.97 Å². The fourth-order valence-electron chi connectivity index (χ4n) is 3.63. The number of carbonyl (C=O) groups is 3. The normalized spacial score (nSPS) is 12.5. The summed E-state index contributed by atoms with van der Waals surface area (Å²) in [7, 11) is 0. The highest BCUT2D eigenvalue weighted by Crippen LogP contribution is 2.26. The molecule has 190 valence electrons. The summed E-state index contributed by atoms with van der Waals surface area (Å²) in [5, 5.41) is 8.64. The van der Waals surface area contributed by atoms with Crippen molar-refractivity contribution in [3.05, 3.63) is 77.9 Å². The van der Waals surface area contributed by atoms with Gasteiger partial charge in [-0.05, 0) is 55.7 Å². The van der Waals surface area contributed by atoms with Crippen LogP contribution >= 0.6 is 0 Å². The van der Waals surface area contributed by atoms with Gasteiger partial charge in [0.25, 0.3) is 11.8 Å². The number of anilines is 3. The van der Waals surface area contributed by atoms with Crippen molar-refractivity contribution in [3.8, 4) is 0 Å². The van der Waals surface area contributed by atoms with Crippen molar-refractivity contribution < 1.29 is 19.1 Å². The van der Waals surface area contributed by atoms with Crippen LogP contribution in [-0.2, 0) is 14.3 Å². The first-order valence-electron chi connectivity index (χ1n) is 12.3. The zero-order chi connectivity index (χ0) is 26.0. The molecule has 0 bridgehead atoms. The minimum atomic E-state index is -0.468. The maximum absolute atomic E-state index is 12.8. The van der Waals surface area contributed by atoms with E-state index in [-0.39, 0.29) is 18.4 Å². The Labute approximate surface area is 215 Å². The summed E-state index contributed by atoms with van der Waals surface area (Å²) in [6.45, 7) is 2.16. The van der Waals surface area contributed by atoms with Gasteiger partial charge in [-0.15, -0.1) is 0 Å². The molecule has 9 nitrogen and oxygen atoms in total. The van der Waals surface area contributed by atoms with E-state index >= 15 is 0 Å². The van der Waals surface area contributed by atoms with Crippen LogP contribution in [0, 0.1) is 0 Å². The van der Waals surface area contributed by atoms with Crippen LogP contribution in [0.2, 0.25) is 0 Å². The number of rotatable bonds is 10. The molecule has 1 aliphatic rings. The molecule has 37 heavy (non-hydrogen) atoms. The van der Waals surface area contributed by atoms with Crippen molar-refractivity contribution in [1.82, 2.24) is 15.3 Å². The highest BCUT2D eigenvalue weighted by atomic mass is 16.5. The fourth-order valence-corrected chi connectivity index (χ4v) is 3.63. The molecule has 0 atom stereocenters. The summed E-state index contributed by atoms with van der Waals surface area (Å²) in [6.07, 6.45) is 8.87. The third-order valence-corrected chi connectivity index (χ3v) is 5.67. The molecular weight excluding hydrogens is 470 g/mol. The fraction of sp³-hybridized carbons (Fsp3) is 0.250. The average Bonchev–Trinajstić information content (AvgIpc) is 2.93. The molecule has 1 aromatic heterocycles. The van der Waals surface area contributed by atoms with Crippen LogP contribution in [0.3, 0.4) is 0 Å². The van der Waals surface area contributed by atoms with Gasteiger partial charge in [-0.1, -0.05) is 43.7 Å². The number of fused-ring (bicyclic) bond motifs is 1. The average molecular weight is 500 g/mol. The van der Waals surface area contributed by atoms with Gasteiger partial charge in [0.2, 0.25) is 0 Å². The molecule has 2 amide bonds. The Bertz CT molecular complexity index is 1350. The van der Waals surface area contributed by atoms with E-state index in [0.717, 1.165) is 19.3 Å². The van der Waals surface area contributed by atoms with E-state index in [9.17, 15) is 14.4 Å². The third-order valence-electron chi connectivity index (χ3n) is 5.67. The number of carbonyl (C=O) groups excluding carboxylic acids is 3. The number of benzene rings is 2. The van der Waals surface area contributed by atoms with Gasteiger partial charge in [0.1, 0.15) is 6.54 Å². The summed E-state index contributed by atoms with van der Waals surface area (Å²) in [5.41, 5.74) is 3.04. The number of nitrogens with one attached hydrogen (secondary N) is 3. The molecule has 0 saturated carbocycles. The summed E-state index contributed by atoms with van der Waals surface area (Å²) >= 11 is 0. The lowest BCUT2D eigenvalue weighted by molar-refractivity contribution is -0.142. The lowest BCUT2D eigenvalue weighted by Crippen LogP contribution is -2.30. The SMILES string of the molecule is CCCCOC(=O)CNC(=O)c1ccc(Nc2nc3ccccc3nc2NC(=O)C2=CC=CCC2)cc1. The standard InChI is InChI=1S/C28H29N5O4/c1-2-3-17-37-24(34)18-29-27(35)20-13-15-21(16-14-20)30-25-26(32-23-12-8-7-11-22(23)31-25)33-28(36)19-9-5-4-6-10-19/h4-5,7-9,11-16H,2-3,6,10,17-18H2,1H3,(H,29,35)(H,30,31)(H,32,33,36). The zero-order valence-electron chi connectivity index (χ0n) is 20.6. The van der Waals surface area contributed by atoms with Crippen molar-refractivity contribution in [1.29, 1.82) is 0 Å². The Hall–Kier alpha value is -4.53. The summed E-state index contributed by atoms with van der Waals surface area (Å²) in [6, 6.07) is 14.1. The number of esters is 1. The number of ether oxygens (including phenoxy) is 1. The smallest absolute Gasteiger partial charge is 0.325 e. The van der Waals surface area contributed by atoms with Gasteiger partial charge in [-0.3, -0.25) is 14.4 Å². The van der Waals surface area contributed by atoms with E-state index in [0.29, 0.717) is 52.5 Å². The maximum Gasteiger partial charge on any atom is 0.325 e. The number of hydrogen-bond acceptors (Lipinski definition) is 7. The first kappa shape index (κ1) is 25.6. The number of allylic oxidation sites excluding steroid dienone is 3. The van der Waals surface area contributed by atoms with E-state index in [2.05, 4.69) is 25.9 Å². The maximum atomic E-state index is 12.8. The quantitative estimate of drug-likeness (QED) is 0.274. The Morgan fingerprint density at radius 3 is 2.35 bits per heavy atom. The predicted octanol–water partition coefficient (Wildman–Crippen LogP) is 4.66. The molecule has 2 aromatic carbocycles. The second kappa shape index (κ2) is 12.4. The molecule has 0 spiro atoms. The molecule has 1 aliphatic carbocycles. The third kappa shape index (κ3) is 7.00. The molecule has 3 aromatic rings. The predicted molar refractivity (Wildman–Crippen MR) is 143 cm³/mol. The monoisotopic (exact) mass is 499 g/mol. The highest BCUT2D eigenvalue weighted by molar-refractivity contribution is 6.05. The number of hydrogen-bond donors (Lipinski definition) is 3. The van der Waals surface area contributed by atoms with Gasteiger partial charge in [0.05, 0.1) is 17.6 Å². The topological polar surface area (TPSA) is 122 Å². The van der Waals surface area contributed by atoms with Crippen LogP contribution in [0.5, 0.6) is 0 Å². The number of nitrogens with zero attached hydrogens (tertiary/aromatic N) is 2. The first-order valence-corrected chi connectivity index (χ1v) is 12.3. The second-order valence-electron chi connectivity index (χ2n) is 8.48. The Balaban J connectivity index is 1.46. The van der Waals surface area contributed by atoms with Crippen LogP contribution < -0.4 is 16.0 Å². The highest BCUT2D eigenvalue weighted by Gasteiger charge is 2.16. The molecule has 0 fully saturated rings. The van der Waals surface area contributed by atoms with E-state index in [4.69, 9.17) is 4.74 Å². The summed E-state index contributed by atoms with van der Waals surface area (Å²) in [5.74, 6) is -0.386. The van der Waals surface area contributed by atoms with Crippen LogP contribution in [0.25, 0.3) is 11.0 Å². The van der Waals surface area contributed by atoms with Gasteiger partial charge in [-0.2, -0.15) is 0 Å². The number of aromatic nitrogens is 2. The number of unbranched alkanes of at least 4 members (excludes halogenated alkanes) is 1. The molecular formula is C28H29N5O4. The van der Waals surface area contributed by atoms with E-state index < -0.39 is 5.97 Å². The molecule has 9 heteroatoms. The van der Waals surface area contributed by atoms with Crippen molar-refractivity contribution in [2.75, 3.05) is 23.8 Å². The number of para-hydroxylation sites is 2. The van der Waals surface area contributed by atoms with E-state index in [1.165, 1.54) is 0 Å². The zero-order valence-corrected chi connectivity index (χ0v) is 20.6. The van der Waals surface area contributed by atoms with Gasteiger partial charge in [0, 0.05) is 16.8 Å². The van der Waals surface area contributed by atoms with Crippen molar-refractivity contribution in [2.24, 2.45) is 0 Å². The minimum Gasteiger partial charge on any atom is -0.464 e. The Morgan fingerprint density at radius 1 is 0.946 bits per heavy atom. The van der Waals surface area contributed by atoms with Crippen molar-refractivity contribution >= 4 is 46.1 Å². The van der Waals surface area contributed by atoms with E-state index in [1.54, 1.807) is 30.3 Å². The van der Waals surface area contributed by atoms with Crippen LogP contribution in [-0.4, -0.2) is 40.9 Å². The molecule has 4 rings (SSSR count). The largest absolute Gasteiger partial charge is 0.464 e. The molecule has 0 radical (unpaired) electrons. The van der Waals surface area contributed by atoms with Crippen molar-refractivity contribution in [3.63, 3.8) is 0 Å². The second-order valence-corrected chi connectivity index (χ2v) is 8.48. The van der Waals surface area contributed by atoms with Crippen LogP contribution in [0.15, 0.2) is 72.3 Å². The van der Waals surface area contributed by atoms with Gasteiger partial charge >= 0.3 is 5.97 Å². The number of amides is 2. The Kier molecular flexibility index (Phi) is 8.59. The molecule has 1 heterocycles. The first-order chi connectivity index (χ1) is 18.0. The molecule has 0 aliphatic heterocycles. The molecule has 3 N–H and O–H groups in total. The van der Waals surface area contributed by atoms with Crippen LogP contribution in [0.1, 0.15) is 43.0 Å². The summed E-state index contributed by atoms with van der Waals surface area (Å²) in [4.78, 5) is 46.2. The Morgan fingerprint density at radius 2 is 1.68 bits per heavy atom. The van der Waals surface area contributed by atoms with E-state index in [1.807, 2.05) is 43.3 Å². The lowest BCUT2D eigenvalue weighted by atomic mass is 10.0.